The smallest absolute Gasteiger partial charge is 0.0669 e. The molecule has 0 heterocycles. The molecule has 0 aromatic heterocycles. The van der Waals surface area contributed by atoms with Gasteiger partial charge in [0.2, 0.25) is 0 Å². The van der Waals surface area contributed by atoms with Gasteiger partial charge in [-0.3, -0.25) is 0 Å². The Balaban J connectivity index is 3.29. The van der Waals surface area contributed by atoms with Gasteiger partial charge in [-0.15, -0.1) is 0 Å². The van der Waals surface area contributed by atoms with Crippen LogP contribution in [0.2, 0.25) is 0 Å². The minimum Gasteiger partial charge on any atom is -0.198 e. The SMILES string of the molecule is CC(C)c1cccc(C(C)C)c1CC#N. The van der Waals surface area contributed by atoms with E-state index in [1.165, 1.54) is 16.7 Å². The second-order valence-electron chi connectivity index (χ2n) is 4.56. The lowest BCUT2D eigenvalue weighted by Gasteiger charge is -2.17. The van der Waals surface area contributed by atoms with Crippen molar-refractivity contribution in [2.75, 3.05) is 0 Å². The van der Waals surface area contributed by atoms with Crippen LogP contribution in [0, 0.1) is 11.3 Å². The van der Waals surface area contributed by atoms with E-state index in [0.717, 1.165) is 0 Å². The molecular formula is C14H19N. The maximum atomic E-state index is 8.88. The molecule has 0 atom stereocenters. The standard InChI is InChI=1S/C14H19N/c1-10(2)12-6-5-7-13(11(3)4)14(12)8-9-15/h5-7,10-11H,8H2,1-4H3. The van der Waals surface area contributed by atoms with E-state index in [4.69, 9.17) is 5.26 Å². The lowest BCUT2D eigenvalue weighted by Crippen LogP contribution is -2.02. The van der Waals surface area contributed by atoms with E-state index in [0.29, 0.717) is 18.3 Å². The van der Waals surface area contributed by atoms with Gasteiger partial charge in [0.1, 0.15) is 0 Å². The van der Waals surface area contributed by atoms with Crippen molar-refractivity contribution in [1.29, 1.82) is 5.26 Å². The van der Waals surface area contributed by atoms with Gasteiger partial charge in [0.15, 0.2) is 0 Å². The Morgan fingerprint density at radius 2 is 1.53 bits per heavy atom. The number of hydrogen-bond acceptors (Lipinski definition) is 1. The van der Waals surface area contributed by atoms with Crippen molar-refractivity contribution in [3.05, 3.63) is 34.9 Å². The van der Waals surface area contributed by atoms with Crippen LogP contribution in [0.3, 0.4) is 0 Å². The van der Waals surface area contributed by atoms with Gasteiger partial charge in [-0.1, -0.05) is 45.9 Å². The quantitative estimate of drug-likeness (QED) is 0.725. The van der Waals surface area contributed by atoms with Crippen LogP contribution in [0.4, 0.5) is 0 Å². The average Bonchev–Trinajstić information content (AvgIpc) is 2.17. The monoisotopic (exact) mass is 201 g/mol. The molecule has 0 amide bonds. The van der Waals surface area contributed by atoms with Crippen molar-refractivity contribution in [3.63, 3.8) is 0 Å². The van der Waals surface area contributed by atoms with Gasteiger partial charge < -0.3 is 0 Å². The highest BCUT2D eigenvalue weighted by Gasteiger charge is 2.12. The van der Waals surface area contributed by atoms with Crippen LogP contribution in [0.5, 0.6) is 0 Å². The third-order valence-corrected chi connectivity index (χ3v) is 2.75. The predicted octanol–water partition coefficient (Wildman–Crippen LogP) is 4.00. The lowest BCUT2D eigenvalue weighted by atomic mass is 9.87. The van der Waals surface area contributed by atoms with E-state index < -0.39 is 0 Å². The first kappa shape index (κ1) is 11.8. The molecule has 0 radical (unpaired) electrons. The zero-order valence-corrected chi connectivity index (χ0v) is 10.0. The normalized spacial score (nSPS) is 10.7. The zero-order chi connectivity index (χ0) is 11.4. The highest BCUT2D eigenvalue weighted by molar-refractivity contribution is 5.40. The molecule has 0 aliphatic carbocycles. The van der Waals surface area contributed by atoms with Crippen LogP contribution in [0.15, 0.2) is 18.2 Å². The fourth-order valence-electron chi connectivity index (χ4n) is 1.99. The first-order valence-corrected chi connectivity index (χ1v) is 5.56. The average molecular weight is 201 g/mol. The first-order chi connectivity index (χ1) is 7.07. The molecule has 1 heteroatoms. The Morgan fingerprint density at radius 1 is 1.07 bits per heavy atom. The highest BCUT2D eigenvalue weighted by Crippen LogP contribution is 2.27. The second kappa shape index (κ2) is 4.98. The predicted molar refractivity (Wildman–Crippen MR) is 63.9 cm³/mol. The zero-order valence-electron chi connectivity index (χ0n) is 10.0. The van der Waals surface area contributed by atoms with Crippen LogP contribution in [-0.2, 0) is 6.42 Å². The number of nitriles is 1. The largest absolute Gasteiger partial charge is 0.198 e. The molecule has 80 valence electrons. The van der Waals surface area contributed by atoms with Gasteiger partial charge in [0.05, 0.1) is 12.5 Å². The third-order valence-electron chi connectivity index (χ3n) is 2.75. The molecule has 0 N–H and O–H groups in total. The Kier molecular flexibility index (Phi) is 3.91. The van der Waals surface area contributed by atoms with Gasteiger partial charge >= 0.3 is 0 Å². The third kappa shape index (κ3) is 2.59. The molecule has 15 heavy (non-hydrogen) atoms. The Hall–Kier alpha value is -1.29. The number of benzene rings is 1. The summed E-state index contributed by atoms with van der Waals surface area (Å²) in [6.45, 7) is 8.72. The molecule has 0 aliphatic heterocycles. The minimum absolute atomic E-state index is 0.493. The molecule has 0 fully saturated rings. The van der Waals surface area contributed by atoms with Crippen LogP contribution in [0.25, 0.3) is 0 Å². The minimum atomic E-state index is 0.493. The molecule has 0 aliphatic rings. The number of nitrogens with zero attached hydrogens (tertiary/aromatic N) is 1. The molecule has 1 nitrogen and oxygen atoms in total. The lowest BCUT2D eigenvalue weighted by molar-refractivity contribution is 0.809. The number of rotatable bonds is 3. The molecule has 0 saturated heterocycles. The molecular weight excluding hydrogens is 182 g/mol. The summed E-state index contributed by atoms with van der Waals surface area (Å²) >= 11 is 0. The highest BCUT2D eigenvalue weighted by atomic mass is 14.2. The van der Waals surface area contributed by atoms with E-state index in [9.17, 15) is 0 Å². The van der Waals surface area contributed by atoms with Crippen molar-refractivity contribution in [1.82, 2.24) is 0 Å². The molecule has 0 bridgehead atoms. The Bertz CT molecular complexity index is 343. The van der Waals surface area contributed by atoms with Gasteiger partial charge in [-0.05, 0) is 28.5 Å². The summed E-state index contributed by atoms with van der Waals surface area (Å²) < 4.78 is 0. The van der Waals surface area contributed by atoms with Crippen LogP contribution in [0.1, 0.15) is 56.2 Å². The van der Waals surface area contributed by atoms with Gasteiger partial charge in [0.25, 0.3) is 0 Å². The maximum absolute atomic E-state index is 8.88. The molecule has 0 saturated carbocycles. The second-order valence-corrected chi connectivity index (χ2v) is 4.56. The summed E-state index contributed by atoms with van der Waals surface area (Å²) in [5.74, 6) is 0.985. The fourth-order valence-corrected chi connectivity index (χ4v) is 1.99. The Morgan fingerprint density at radius 3 is 1.87 bits per heavy atom. The van der Waals surface area contributed by atoms with E-state index in [2.05, 4.69) is 52.0 Å². The van der Waals surface area contributed by atoms with E-state index in [1.54, 1.807) is 0 Å². The first-order valence-electron chi connectivity index (χ1n) is 5.56. The van der Waals surface area contributed by atoms with E-state index >= 15 is 0 Å². The summed E-state index contributed by atoms with van der Waals surface area (Å²) in [6.07, 6.45) is 0.530. The van der Waals surface area contributed by atoms with E-state index in [-0.39, 0.29) is 0 Å². The molecule has 1 rings (SSSR count). The van der Waals surface area contributed by atoms with Crippen LogP contribution < -0.4 is 0 Å². The molecule has 0 spiro atoms. The van der Waals surface area contributed by atoms with Gasteiger partial charge in [-0.25, -0.2) is 0 Å². The van der Waals surface area contributed by atoms with Crippen molar-refractivity contribution in [2.24, 2.45) is 0 Å². The van der Waals surface area contributed by atoms with Gasteiger partial charge in [-0.2, -0.15) is 5.26 Å². The van der Waals surface area contributed by atoms with Gasteiger partial charge in [0, 0.05) is 0 Å². The molecule has 0 unspecified atom stereocenters. The summed E-state index contributed by atoms with van der Waals surface area (Å²) in [6, 6.07) is 8.66. The summed E-state index contributed by atoms with van der Waals surface area (Å²) in [7, 11) is 0. The van der Waals surface area contributed by atoms with Crippen molar-refractivity contribution in [3.8, 4) is 6.07 Å². The van der Waals surface area contributed by atoms with Crippen molar-refractivity contribution >= 4 is 0 Å². The van der Waals surface area contributed by atoms with Crippen LogP contribution >= 0.6 is 0 Å². The molecule has 1 aromatic rings. The summed E-state index contributed by atoms with van der Waals surface area (Å²) in [5, 5.41) is 8.88. The van der Waals surface area contributed by atoms with E-state index in [1.807, 2.05) is 0 Å². The van der Waals surface area contributed by atoms with Crippen LogP contribution in [-0.4, -0.2) is 0 Å². The molecule has 1 aromatic carbocycles. The van der Waals surface area contributed by atoms with Crippen molar-refractivity contribution in [2.45, 2.75) is 46.0 Å². The fraction of sp³-hybridized carbons (Fsp3) is 0.500. The summed E-state index contributed by atoms with van der Waals surface area (Å²) in [4.78, 5) is 0. The Labute approximate surface area is 92.7 Å². The number of hydrogen-bond donors (Lipinski definition) is 0. The maximum Gasteiger partial charge on any atom is 0.0669 e. The van der Waals surface area contributed by atoms with Crippen molar-refractivity contribution < 1.29 is 0 Å². The topological polar surface area (TPSA) is 23.8 Å². The summed E-state index contributed by atoms with van der Waals surface area (Å²) in [5.41, 5.74) is 3.88.